The highest BCUT2D eigenvalue weighted by atomic mass is 32.2. The van der Waals surface area contributed by atoms with Gasteiger partial charge in [-0.1, -0.05) is 20.3 Å². The molecule has 3 N–H and O–H groups in total. The van der Waals surface area contributed by atoms with Crippen molar-refractivity contribution in [1.29, 1.82) is 0 Å². The van der Waals surface area contributed by atoms with Gasteiger partial charge in [0.25, 0.3) is 0 Å². The zero-order valence-corrected chi connectivity index (χ0v) is 13.1. The second kappa shape index (κ2) is 7.99. The quantitative estimate of drug-likeness (QED) is 0.647. The van der Waals surface area contributed by atoms with E-state index in [0.29, 0.717) is 25.2 Å². The van der Waals surface area contributed by atoms with E-state index in [1.807, 2.05) is 6.92 Å². The molecule has 0 heterocycles. The average Bonchev–Trinajstić information content (AvgIpc) is 2.43. The third-order valence-corrected chi connectivity index (χ3v) is 4.60. The molecule has 0 saturated heterocycles. The van der Waals surface area contributed by atoms with E-state index < -0.39 is 21.9 Å². The van der Waals surface area contributed by atoms with E-state index in [1.54, 1.807) is 19.1 Å². The van der Waals surface area contributed by atoms with Crippen LogP contribution in [0, 0.1) is 5.92 Å². The molecule has 0 aliphatic rings. The van der Waals surface area contributed by atoms with Crippen LogP contribution in [0.1, 0.15) is 26.7 Å². The van der Waals surface area contributed by atoms with E-state index >= 15 is 0 Å². The maximum Gasteiger partial charge on any atom is 0.308 e. The molecule has 21 heavy (non-hydrogen) atoms. The number of sulfonamides is 1. The molecule has 0 amide bonds. The molecule has 0 radical (unpaired) electrons. The number of nitrogens with one attached hydrogen (secondary N) is 2. The second-order valence-corrected chi connectivity index (χ2v) is 6.50. The molecule has 1 aromatic carbocycles. The van der Waals surface area contributed by atoms with E-state index in [-0.39, 0.29) is 4.90 Å². The van der Waals surface area contributed by atoms with Gasteiger partial charge in [-0.2, -0.15) is 0 Å². The maximum absolute atomic E-state index is 11.8. The van der Waals surface area contributed by atoms with E-state index in [0.717, 1.165) is 6.42 Å². The topological polar surface area (TPSA) is 95.5 Å². The lowest BCUT2D eigenvalue weighted by molar-refractivity contribution is -0.141. The van der Waals surface area contributed by atoms with Gasteiger partial charge in [0.15, 0.2) is 0 Å². The lowest BCUT2D eigenvalue weighted by Gasteiger charge is -2.13. The number of carboxylic acids is 1. The Morgan fingerprint density at radius 1 is 1.24 bits per heavy atom. The van der Waals surface area contributed by atoms with Gasteiger partial charge in [0.05, 0.1) is 10.8 Å². The Hall–Kier alpha value is -1.60. The Morgan fingerprint density at radius 2 is 1.86 bits per heavy atom. The van der Waals surface area contributed by atoms with Crippen LogP contribution in [0.25, 0.3) is 0 Å². The van der Waals surface area contributed by atoms with E-state index in [2.05, 4.69) is 10.0 Å². The number of carboxylic acid groups (broad SMARTS) is 1. The maximum atomic E-state index is 11.8. The fourth-order valence-corrected chi connectivity index (χ4v) is 2.97. The van der Waals surface area contributed by atoms with Crippen molar-refractivity contribution in [3.8, 4) is 0 Å². The van der Waals surface area contributed by atoms with Crippen molar-refractivity contribution in [1.82, 2.24) is 4.72 Å². The van der Waals surface area contributed by atoms with Crippen molar-refractivity contribution in [2.24, 2.45) is 5.92 Å². The predicted molar refractivity (Wildman–Crippen MR) is 81.8 cm³/mol. The first-order valence-electron chi connectivity index (χ1n) is 6.97. The van der Waals surface area contributed by atoms with Crippen LogP contribution in [0.3, 0.4) is 0 Å². The first-order chi connectivity index (χ1) is 9.90. The van der Waals surface area contributed by atoms with E-state index in [4.69, 9.17) is 5.11 Å². The minimum absolute atomic E-state index is 0.193. The number of hydrogen-bond acceptors (Lipinski definition) is 4. The van der Waals surface area contributed by atoms with E-state index in [9.17, 15) is 13.2 Å². The van der Waals surface area contributed by atoms with E-state index in [1.165, 1.54) is 12.1 Å². The summed E-state index contributed by atoms with van der Waals surface area (Å²) in [6.07, 6.45) is 1.41. The molecule has 0 spiro atoms. The zero-order valence-electron chi connectivity index (χ0n) is 12.3. The molecule has 1 aromatic rings. The number of aliphatic carboxylic acids is 1. The monoisotopic (exact) mass is 314 g/mol. The van der Waals surface area contributed by atoms with Crippen LogP contribution in [0.15, 0.2) is 29.2 Å². The molecule has 0 saturated carbocycles. The van der Waals surface area contributed by atoms with Crippen LogP contribution in [0.5, 0.6) is 0 Å². The van der Waals surface area contributed by atoms with Gasteiger partial charge in [-0.25, -0.2) is 13.1 Å². The highest BCUT2D eigenvalue weighted by Gasteiger charge is 2.16. The number of benzene rings is 1. The first-order valence-corrected chi connectivity index (χ1v) is 8.45. The SMILES string of the molecule is CCCC(CNc1ccc(S(=O)(=O)NCC)cc1)C(=O)O. The summed E-state index contributed by atoms with van der Waals surface area (Å²) in [5.41, 5.74) is 0.702. The van der Waals surface area contributed by atoms with Crippen molar-refractivity contribution >= 4 is 21.7 Å². The Balaban J connectivity index is 2.69. The van der Waals surface area contributed by atoms with Gasteiger partial charge in [0, 0.05) is 18.8 Å². The summed E-state index contributed by atoms with van der Waals surface area (Å²) in [6, 6.07) is 6.26. The summed E-state index contributed by atoms with van der Waals surface area (Å²) in [5.74, 6) is -1.27. The molecule has 1 rings (SSSR count). The second-order valence-electron chi connectivity index (χ2n) is 4.73. The number of rotatable bonds is 9. The molecule has 1 unspecified atom stereocenters. The summed E-state index contributed by atoms with van der Waals surface area (Å²) >= 11 is 0. The average molecular weight is 314 g/mol. The lowest BCUT2D eigenvalue weighted by atomic mass is 10.0. The lowest BCUT2D eigenvalue weighted by Crippen LogP contribution is -2.23. The van der Waals surface area contributed by atoms with Crippen LogP contribution in [0.2, 0.25) is 0 Å². The molecule has 6 nitrogen and oxygen atoms in total. The van der Waals surface area contributed by atoms with Crippen LogP contribution >= 0.6 is 0 Å². The Bertz CT molecular complexity index is 555. The third-order valence-electron chi connectivity index (χ3n) is 3.04. The minimum atomic E-state index is -3.45. The standard InChI is InChI=1S/C14H22N2O4S/c1-3-5-11(14(17)18)10-15-12-6-8-13(9-7-12)21(19,20)16-4-2/h6-9,11,15-16H,3-5,10H2,1-2H3,(H,17,18). The third kappa shape index (κ3) is 5.35. The van der Waals surface area contributed by atoms with Crippen molar-refractivity contribution in [3.05, 3.63) is 24.3 Å². The molecule has 7 heteroatoms. The van der Waals surface area contributed by atoms with Crippen LogP contribution in [-0.2, 0) is 14.8 Å². The Morgan fingerprint density at radius 3 is 2.33 bits per heavy atom. The van der Waals surface area contributed by atoms with Gasteiger partial charge in [0.1, 0.15) is 0 Å². The summed E-state index contributed by atoms with van der Waals surface area (Å²) in [4.78, 5) is 11.2. The van der Waals surface area contributed by atoms with Gasteiger partial charge in [-0.05, 0) is 30.7 Å². The van der Waals surface area contributed by atoms with Crippen molar-refractivity contribution in [2.75, 3.05) is 18.4 Å². The van der Waals surface area contributed by atoms with Crippen LogP contribution < -0.4 is 10.0 Å². The molecular formula is C14H22N2O4S. The van der Waals surface area contributed by atoms with Crippen molar-refractivity contribution < 1.29 is 18.3 Å². The van der Waals surface area contributed by atoms with Crippen LogP contribution in [-0.4, -0.2) is 32.6 Å². The molecular weight excluding hydrogens is 292 g/mol. The molecule has 0 fully saturated rings. The summed E-state index contributed by atoms with van der Waals surface area (Å²) in [6.45, 7) is 4.31. The zero-order chi connectivity index (χ0) is 15.9. The molecule has 0 aromatic heterocycles. The van der Waals surface area contributed by atoms with Gasteiger partial charge >= 0.3 is 5.97 Å². The van der Waals surface area contributed by atoms with Crippen LogP contribution in [0.4, 0.5) is 5.69 Å². The number of carbonyl (C=O) groups is 1. The highest BCUT2D eigenvalue weighted by molar-refractivity contribution is 7.89. The fraction of sp³-hybridized carbons (Fsp3) is 0.500. The van der Waals surface area contributed by atoms with Gasteiger partial charge in [-0.3, -0.25) is 4.79 Å². The summed E-state index contributed by atoms with van der Waals surface area (Å²) in [5, 5.41) is 12.1. The normalized spacial score (nSPS) is 12.9. The highest BCUT2D eigenvalue weighted by Crippen LogP contribution is 2.15. The molecule has 0 aliphatic heterocycles. The largest absolute Gasteiger partial charge is 0.481 e. The number of anilines is 1. The van der Waals surface area contributed by atoms with Crippen molar-refractivity contribution in [2.45, 2.75) is 31.6 Å². The van der Waals surface area contributed by atoms with Gasteiger partial charge < -0.3 is 10.4 Å². The minimum Gasteiger partial charge on any atom is -0.481 e. The summed E-state index contributed by atoms with van der Waals surface area (Å²) < 4.78 is 26.0. The van der Waals surface area contributed by atoms with Gasteiger partial charge in [0.2, 0.25) is 10.0 Å². The fourth-order valence-electron chi connectivity index (χ4n) is 1.93. The molecule has 0 aliphatic carbocycles. The van der Waals surface area contributed by atoms with Crippen molar-refractivity contribution in [3.63, 3.8) is 0 Å². The Kier molecular flexibility index (Phi) is 6.64. The molecule has 1 atom stereocenters. The van der Waals surface area contributed by atoms with Gasteiger partial charge in [-0.15, -0.1) is 0 Å². The summed E-state index contributed by atoms with van der Waals surface area (Å²) in [7, 11) is -3.45. The predicted octanol–water partition coefficient (Wildman–Crippen LogP) is 1.90. The smallest absolute Gasteiger partial charge is 0.308 e. The molecule has 0 bridgehead atoms. The number of hydrogen-bond donors (Lipinski definition) is 3. The first kappa shape index (κ1) is 17.5. The molecule has 118 valence electrons. The Labute approximate surface area is 125 Å².